The van der Waals surface area contributed by atoms with Crippen LogP contribution in [0.25, 0.3) is 0 Å². The molecule has 0 spiro atoms. The van der Waals surface area contributed by atoms with Crippen molar-refractivity contribution >= 4 is 6.09 Å². The third-order valence-electron chi connectivity index (χ3n) is 1.96. The van der Waals surface area contributed by atoms with Crippen LogP contribution in [0.4, 0.5) is 4.79 Å². The lowest BCUT2D eigenvalue weighted by molar-refractivity contribution is -0.0453. The number of hydrogen-bond donors (Lipinski definition) is 4. The van der Waals surface area contributed by atoms with Gasteiger partial charge < -0.3 is 21.3 Å². The molecule has 5 N–H and O–H groups in total. The normalized spacial score (nSPS) is 36.0. The number of rotatable bonds is 2. The smallest absolute Gasteiger partial charge is 0.404 e. The van der Waals surface area contributed by atoms with Gasteiger partial charge >= 0.3 is 6.09 Å². The summed E-state index contributed by atoms with van der Waals surface area (Å²) in [6.45, 7) is 0.199. The average Bonchev–Trinajstić information content (AvgIpc) is 1.83. The first-order valence-electron chi connectivity index (χ1n) is 3.48. The molecule has 1 amide bonds. The largest absolute Gasteiger partial charge is 0.465 e. The molecule has 0 aromatic rings. The predicted octanol–water partition coefficient (Wildman–Crippen LogP) is -0.894. The van der Waals surface area contributed by atoms with Crippen LogP contribution in [0.2, 0.25) is 0 Å². The fraction of sp³-hybridized carbons (Fsp3) is 0.833. The van der Waals surface area contributed by atoms with Crippen molar-refractivity contribution in [3.8, 4) is 0 Å². The van der Waals surface area contributed by atoms with E-state index in [-0.39, 0.29) is 12.6 Å². The lowest BCUT2D eigenvalue weighted by Crippen LogP contribution is -2.58. The Kier molecular flexibility index (Phi) is 2.01. The number of carboxylic acid groups (broad SMARTS) is 1. The van der Waals surface area contributed by atoms with E-state index < -0.39 is 11.7 Å². The predicted molar refractivity (Wildman–Crippen MR) is 38.2 cm³/mol. The molecule has 1 aliphatic rings. The zero-order valence-electron chi connectivity index (χ0n) is 6.08. The Bertz CT molecular complexity index is 165. The Hall–Kier alpha value is -0.810. The zero-order valence-corrected chi connectivity index (χ0v) is 6.08. The molecular weight excluding hydrogens is 148 g/mol. The number of hydrogen-bond acceptors (Lipinski definition) is 3. The van der Waals surface area contributed by atoms with Crippen LogP contribution in [-0.2, 0) is 0 Å². The molecule has 1 fully saturated rings. The number of nitrogens with two attached hydrogens (primary N) is 1. The van der Waals surface area contributed by atoms with E-state index in [1.807, 2.05) is 0 Å². The van der Waals surface area contributed by atoms with Crippen LogP contribution >= 0.6 is 0 Å². The second-order valence-electron chi connectivity index (χ2n) is 2.98. The maximum Gasteiger partial charge on any atom is 0.404 e. The van der Waals surface area contributed by atoms with Gasteiger partial charge in [0.1, 0.15) is 0 Å². The molecule has 5 nitrogen and oxygen atoms in total. The van der Waals surface area contributed by atoms with Crippen LogP contribution in [0.5, 0.6) is 0 Å². The highest BCUT2D eigenvalue weighted by molar-refractivity contribution is 5.65. The molecule has 0 bridgehead atoms. The maximum atomic E-state index is 10.1. The molecule has 1 saturated carbocycles. The van der Waals surface area contributed by atoms with Crippen LogP contribution in [0.15, 0.2) is 0 Å². The number of carbonyl (C=O) groups is 1. The fourth-order valence-electron chi connectivity index (χ4n) is 1.30. The quantitative estimate of drug-likeness (QED) is 0.421. The van der Waals surface area contributed by atoms with Gasteiger partial charge in [-0.1, -0.05) is 0 Å². The van der Waals surface area contributed by atoms with Crippen molar-refractivity contribution in [2.45, 2.75) is 24.5 Å². The minimum atomic E-state index is -1.05. The van der Waals surface area contributed by atoms with Crippen LogP contribution in [0, 0.1) is 0 Å². The van der Waals surface area contributed by atoms with E-state index in [2.05, 4.69) is 5.32 Å². The Morgan fingerprint density at radius 3 is 2.64 bits per heavy atom. The van der Waals surface area contributed by atoms with E-state index >= 15 is 0 Å². The Morgan fingerprint density at radius 1 is 1.73 bits per heavy atom. The number of aliphatic hydroxyl groups is 1. The van der Waals surface area contributed by atoms with Gasteiger partial charge in [-0.2, -0.15) is 0 Å². The molecule has 0 aliphatic heterocycles. The summed E-state index contributed by atoms with van der Waals surface area (Å²) in [7, 11) is 0. The molecule has 0 atom stereocenters. The first-order valence-corrected chi connectivity index (χ1v) is 3.48. The highest BCUT2D eigenvalue weighted by atomic mass is 16.4. The molecule has 0 unspecified atom stereocenters. The number of amides is 1. The van der Waals surface area contributed by atoms with Gasteiger partial charge in [0, 0.05) is 12.6 Å². The SMILES string of the molecule is NCC1(O)CC(NC(=O)O)C1. The summed E-state index contributed by atoms with van der Waals surface area (Å²) in [6.07, 6.45) is -0.194. The van der Waals surface area contributed by atoms with Crippen LogP contribution < -0.4 is 11.1 Å². The molecule has 0 aromatic carbocycles. The summed E-state index contributed by atoms with van der Waals surface area (Å²) >= 11 is 0. The number of nitrogens with one attached hydrogen (secondary N) is 1. The molecule has 5 heteroatoms. The van der Waals surface area contributed by atoms with Crippen molar-refractivity contribution in [2.24, 2.45) is 5.73 Å². The third-order valence-corrected chi connectivity index (χ3v) is 1.96. The van der Waals surface area contributed by atoms with Crippen molar-refractivity contribution < 1.29 is 15.0 Å². The monoisotopic (exact) mass is 160 g/mol. The molecule has 11 heavy (non-hydrogen) atoms. The third kappa shape index (κ3) is 1.81. The van der Waals surface area contributed by atoms with Crippen molar-refractivity contribution in [2.75, 3.05) is 6.54 Å². The highest BCUT2D eigenvalue weighted by Crippen LogP contribution is 2.30. The van der Waals surface area contributed by atoms with Gasteiger partial charge in [0.05, 0.1) is 5.60 Å². The summed E-state index contributed by atoms with van der Waals surface area (Å²) < 4.78 is 0. The standard InChI is InChI=1S/C6H12N2O3/c7-3-6(11)1-4(2-6)8-5(9)10/h4,8,11H,1-3,7H2,(H,9,10). The van der Waals surface area contributed by atoms with E-state index in [4.69, 9.17) is 10.8 Å². The first-order chi connectivity index (χ1) is 5.06. The van der Waals surface area contributed by atoms with Gasteiger partial charge in [-0.15, -0.1) is 0 Å². The van der Waals surface area contributed by atoms with Gasteiger partial charge in [-0.05, 0) is 12.8 Å². The van der Waals surface area contributed by atoms with E-state index in [1.54, 1.807) is 0 Å². The Morgan fingerprint density at radius 2 is 2.27 bits per heavy atom. The topological polar surface area (TPSA) is 95.6 Å². The molecular formula is C6H12N2O3. The fourth-order valence-corrected chi connectivity index (χ4v) is 1.30. The van der Waals surface area contributed by atoms with E-state index in [0.29, 0.717) is 12.8 Å². The van der Waals surface area contributed by atoms with E-state index in [9.17, 15) is 9.90 Å². The summed E-state index contributed by atoms with van der Waals surface area (Å²) in [4.78, 5) is 10.1. The summed E-state index contributed by atoms with van der Waals surface area (Å²) in [6, 6.07) is -0.124. The minimum absolute atomic E-state index is 0.124. The summed E-state index contributed by atoms with van der Waals surface area (Å²) in [5.41, 5.74) is 4.41. The minimum Gasteiger partial charge on any atom is -0.465 e. The molecule has 64 valence electrons. The average molecular weight is 160 g/mol. The molecule has 0 aromatic heterocycles. The molecule has 0 radical (unpaired) electrons. The van der Waals surface area contributed by atoms with E-state index in [1.165, 1.54) is 0 Å². The Labute approximate surface area is 64.2 Å². The van der Waals surface area contributed by atoms with Crippen LogP contribution in [0.1, 0.15) is 12.8 Å². The summed E-state index contributed by atoms with van der Waals surface area (Å²) in [5, 5.41) is 19.9. The second-order valence-corrected chi connectivity index (χ2v) is 2.98. The van der Waals surface area contributed by atoms with Crippen molar-refractivity contribution in [1.82, 2.24) is 5.32 Å². The van der Waals surface area contributed by atoms with Crippen molar-refractivity contribution in [3.63, 3.8) is 0 Å². The van der Waals surface area contributed by atoms with Gasteiger partial charge in [-0.25, -0.2) is 4.79 Å². The highest BCUT2D eigenvalue weighted by Gasteiger charge is 2.42. The van der Waals surface area contributed by atoms with Crippen molar-refractivity contribution in [1.29, 1.82) is 0 Å². The van der Waals surface area contributed by atoms with Gasteiger partial charge in [0.25, 0.3) is 0 Å². The molecule has 1 rings (SSSR count). The maximum absolute atomic E-state index is 10.1. The first kappa shape index (κ1) is 8.29. The van der Waals surface area contributed by atoms with Crippen molar-refractivity contribution in [3.05, 3.63) is 0 Å². The van der Waals surface area contributed by atoms with Gasteiger partial charge in [-0.3, -0.25) is 0 Å². The van der Waals surface area contributed by atoms with E-state index in [0.717, 1.165) is 0 Å². The molecule has 0 heterocycles. The Balaban J connectivity index is 2.23. The summed E-state index contributed by atoms with van der Waals surface area (Å²) in [5.74, 6) is 0. The van der Waals surface area contributed by atoms with Crippen LogP contribution in [-0.4, -0.2) is 34.5 Å². The second kappa shape index (κ2) is 2.67. The van der Waals surface area contributed by atoms with Gasteiger partial charge in [0.2, 0.25) is 0 Å². The lowest BCUT2D eigenvalue weighted by Gasteiger charge is -2.42. The molecule has 1 aliphatic carbocycles. The molecule has 0 saturated heterocycles. The lowest BCUT2D eigenvalue weighted by atomic mass is 9.76. The zero-order chi connectivity index (χ0) is 8.48. The van der Waals surface area contributed by atoms with Gasteiger partial charge in [0.15, 0.2) is 0 Å². The van der Waals surface area contributed by atoms with Crippen LogP contribution in [0.3, 0.4) is 0 Å².